The molecule has 0 aliphatic carbocycles. The van der Waals surface area contributed by atoms with E-state index in [1.807, 2.05) is 12.1 Å². The first-order chi connectivity index (χ1) is 6.90. The molecule has 14 heavy (non-hydrogen) atoms. The molecule has 0 spiro atoms. The molecule has 0 saturated heterocycles. The second-order valence-corrected chi connectivity index (χ2v) is 4.25. The lowest BCUT2D eigenvalue weighted by Crippen LogP contribution is -1.85. The van der Waals surface area contributed by atoms with Gasteiger partial charge in [0, 0.05) is 10.6 Å². The van der Waals surface area contributed by atoms with Crippen molar-refractivity contribution in [3.05, 3.63) is 42.5 Å². The molecule has 0 aliphatic heterocycles. The Morgan fingerprint density at radius 2 is 1.79 bits per heavy atom. The third-order valence-electron chi connectivity index (χ3n) is 2.08. The molecule has 2 aromatic carbocycles. The molecular weight excluding hydrogens is 192 g/mol. The average molecular weight is 204 g/mol. The lowest BCUT2D eigenvalue weighted by Gasteiger charge is -2.01. The van der Waals surface area contributed by atoms with Gasteiger partial charge < -0.3 is 5.11 Å². The minimum Gasteiger partial charge on any atom is -0.396 e. The smallest absolute Gasteiger partial charge is 0.0525 e. The molecule has 2 heteroatoms. The summed E-state index contributed by atoms with van der Waals surface area (Å²) < 4.78 is 0. The van der Waals surface area contributed by atoms with Crippen LogP contribution in [0.25, 0.3) is 10.8 Å². The molecule has 0 bridgehead atoms. The van der Waals surface area contributed by atoms with Crippen LogP contribution in [0, 0.1) is 0 Å². The van der Waals surface area contributed by atoms with Crippen LogP contribution in [-0.4, -0.2) is 17.5 Å². The van der Waals surface area contributed by atoms with Crippen molar-refractivity contribution in [2.45, 2.75) is 4.90 Å². The van der Waals surface area contributed by atoms with Gasteiger partial charge in [-0.1, -0.05) is 30.3 Å². The largest absolute Gasteiger partial charge is 0.396 e. The zero-order valence-electron chi connectivity index (χ0n) is 7.81. The molecule has 0 aliphatic rings. The molecule has 0 unspecified atom stereocenters. The predicted molar refractivity (Wildman–Crippen MR) is 61.8 cm³/mol. The summed E-state index contributed by atoms with van der Waals surface area (Å²) in [6, 6.07) is 14.7. The van der Waals surface area contributed by atoms with Crippen molar-refractivity contribution in [1.82, 2.24) is 0 Å². The minimum absolute atomic E-state index is 0.234. The van der Waals surface area contributed by atoms with Gasteiger partial charge in [0.15, 0.2) is 0 Å². The molecule has 2 aromatic rings. The van der Waals surface area contributed by atoms with Gasteiger partial charge in [-0.2, -0.15) is 0 Å². The number of aliphatic hydroxyl groups excluding tert-OH is 1. The van der Waals surface area contributed by atoms with Crippen molar-refractivity contribution >= 4 is 22.5 Å². The Kier molecular flexibility index (Phi) is 3.07. The van der Waals surface area contributed by atoms with Gasteiger partial charge in [0.25, 0.3) is 0 Å². The van der Waals surface area contributed by atoms with Crippen molar-refractivity contribution in [3.8, 4) is 0 Å². The Labute approximate surface area is 87.8 Å². The number of fused-ring (bicyclic) bond motifs is 1. The van der Waals surface area contributed by atoms with Crippen LogP contribution in [0.2, 0.25) is 0 Å². The van der Waals surface area contributed by atoms with E-state index in [9.17, 15) is 0 Å². The first kappa shape index (κ1) is 9.56. The molecule has 2 rings (SSSR count). The zero-order valence-corrected chi connectivity index (χ0v) is 8.63. The van der Waals surface area contributed by atoms with Gasteiger partial charge in [0.05, 0.1) is 6.61 Å². The fourth-order valence-corrected chi connectivity index (χ4v) is 2.12. The van der Waals surface area contributed by atoms with E-state index in [-0.39, 0.29) is 6.61 Å². The standard InChI is InChI=1S/C12H12OS/c13-7-8-14-12-6-5-10-3-1-2-4-11(10)9-12/h1-6,9,13H,7-8H2. The molecule has 1 N–H and O–H groups in total. The van der Waals surface area contributed by atoms with Gasteiger partial charge in [0.1, 0.15) is 0 Å². The van der Waals surface area contributed by atoms with Crippen LogP contribution in [0.3, 0.4) is 0 Å². The zero-order chi connectivity index (χ0) is 9.80. The third kappa shape index (κ3) is 2.08. The van der Waals surface area contributed by atoms with Crippen LogP contribution in [-0.2, 0) is 0 Å². The van der Waals surface area contributed by atoms with Gasteiger partial charge in [-0.15, -0.1) is 11.8 Å². The summed E-state index contributed by atoms with van der Waals surface area (Å²) in [5.41, 5.74) is 0. The summed E-state index contributed by atoms with van der Waals surface area (Å²) in [5, 5.41) is 11.2. The summed E-state index contributed by atoms with van der Waals surface area (Å²) in [7, 11) is 0. The molecule has 72 valence electrons. The first-order valence-electron chi connectivity index (χ1n) is 4.62. The maximum Gasteiger partial charge on any atom is 0.0525 e. The Bertz CT molecular complexity index is 425. The lowest BCUT2D eigenvalue weighted by atomic mass is 10.1. The highest BCUT2D eigenvalue weighted by molar-refractivity contribution is 7.99. The molecule has 0 radical (unpaired) electrons. The maximum atomic E-state index is 8.72. The van der Waals surface area contributed by atoms with Gasteiger partial charge in [-0.05, 0) is 22.9 Å². The van der Waals surface area contributed by atoms with E-state index in [2.05, 4.69) is 30.3 Å². The third-order valence-corrected chi connectivity index (χ3v) is 3.05. The van der Waals surface area contributed by atoms with Gasteiger partial charge in [0.2, 0.25) is 0 Å². The monoisotopic (exact) mass is 204 g/mol. The highest BCUT2D eigenvalue weighted by atomic mass is 32.2. The fraction of sp³-hybridized carbons (Fsp3) is 0.167. The van der Waals surface area contributed by atoms with E-state index in [1.165, 1.54) is 15.7 Å². The summed E-state index contributed by atoms with van der Waals surface area (Å²) in [6.45, 7) is 0.234. The van der Waals surface area contributed by atoms with Gasteiger partial charge in [-0.3, -0.25) is 0 Å². The summed E-state index contributed by atoms with van der Waals surface area (Å²) >= 11 is 1.69. The molecule has 0 heterocycles. The van der Waals surface area contributed by atoms with Gasteiger partial charge >= 0.3 is 0 Å². The number of rotatable bonds is 3. The van der Waals surface area contributed by atoms with Crippen LogP contribution < -0.4 is 0 Å². The molecular formula is C12H12OS. The normalized spacial score (nSPS) is 10.6. The minimum atomic E-state index is 0.234. The van der Waals surface area contributed by atoms with Crippen molar-refractivity contribution < 1.29 is 5.11 Å². The van der Waals surface area contributed by atoms with Gasteiger partial charge in [-0.25, -0.2) is 0 Å². The average Bonchev–Trinajstić information content (AvgIpc) is 2.26. The number of thioether (sulfide) groups is 1. The Hall–Kier alpha value is -0.990. The van der Waals surface area contributed by atoms with Crippen LogP contribution in [0.4, 0.5) is 0 Å². The van der Waals surface area contributed by atoms with E-state index in [4.69, 9.17) is 5.11 Å². The second kappa shape index (κ2) is 4.49. The molecule has 0 saturated carbocycles. The summed E-state index contributed by atoms with van der Waals surface area (Å²) in [4.78, 5) is 1.22. The molecule has 1 nitrogen and oxygen atoms in total. The van der Waals surface area contributed by atoms with Crippen LogP contribution in [0.5, 0.6) is 0 Å². The Balaban J connectivity index is 2.32. The van der Waals surface area contributed by atoms with E-state index in [0.29, 0.717) is 0 Å². The summed E-state index contributed by atoms with van der Waals surface area (Å²) in [5.74, 6) is 0.762. The highest BCUT2D eigenvalue weighted by Crippen LogP contribution is 2.22. The number of hydrogen-bond donors (Lipinski definition) is 1. The van der Waals surface area contributed by atoms with Crippen molar-refractivity contribution in [1.29, 1.82) is 0 Å². The van der Waals surface area contributed by atoms with E-state index < -0.39 is 0 Å². The number of aliphatic hydroxyl groups is 1. The second-order valence-electron chi connectivity index (χ2n) is 3.08. The van der Waals surface area contributed by atoms with Crippen molar-refractivity contribution in [2.75, 3.05) is 12.4 Å². The maximum absolute atomic E-state index is 8.72. The highest BCUT2D eigenvalue weighted by Gasteiger charge is 1.95. The fourth-order valence-electron chi connectivity index (χ4n) is 1.42. The predicted octanol–water partition coefficient (Wildman–Crippen LogP) is 2.92. The van der Waals surface area contributed by atoms with Crippen LogP contribution in [0.15, 0.2) is 47.4 Å². The topological polar surface area (TPSA) is 20.2 Å². The lowest BCUT2D eigenvalue weighted by molar-refractivity contribution is 0.322. The van der Waals surface area contributed by atoms with Crippen LogP contribution >= 0.6 is 11.8 Å². The van der Waals surface area contributed by atoms with Crippen molar-refractivity contribution in [3.63, 3.8) is 0 Å². The van der Waals surface area contributed by atoms with Crippen LogP contribution in [0.1, 0.15) is 0 Å². The van der Waals surface area contributed by atoms with Crippen molar-refractivity contribution in [2.24, 2.45) is 0 Å². The summed E-state index contributed by atoms with van der Waals surface area (Å²) in [6.07, 6.45) is 0. The van der Waals surface area contributed by atoms with E-state index >= 15 is 0 Å². The SMILES string of the molecule is OCCSc1ccc2ccccc2c1. The molecule has 0 atom stereocenters. The quantitative estimate of drug-likeness (QED) is 0.776. The number of hydrogen-bond acceptors (Lipinski definition) is 2. The van der Waals surface area contributed by atoms with E-state index in [1.54, 1.807) is 11.8 Å². The van der Waals surface area contributed by atoms with E-state index in [0.717, 1.165) is 5.75 Å². The molecule has 0 fully saturated rings. The Morgan fingerprint density at radius 3 is 2.57 bits per heavy atom. The molecule has 0 amide bonds. The Morgan fingerprint density at radius 1 is 1.00 bits per heavy atom. The number of benzene rings is 2. The first-order valence-corrected chi connectivity index (χ1v) is 5.61. The molecule has 0 aromatic heterocycles.